The summed E-state index contributed by atoms with van der Waals surface area (Å²) in [6, 6.07) is 1.64. The van der Waals surface area contributed by atoms with E-state index in [1.165, 1.54) is 7.05 Å². The van der Waals surface area contributed by atoms with Crippen molar-refractivity contribution in [2.45, 2.75) is 32.8 Å². The second-order valence-corrected chi connectivity index (χ2v) is 6.91. The van der Waals surface area contributed by atoms with Gasteiger partial charge in [0.1, 0.15) is 5.60 Å². The van der Waals surface area contributed by atoms with E-state index >= 15 is 0 Å². The maximum Gasteiger partial charge on any atom is 0.407 e. The maximum absolute atomic E-state index is 13.5. The number of ether oxygens (including phenoxy) is 1. The molecule has 12 heteroatoms. The van der Waals surface area contributed by atoms with E-state index in [9.17, 15) is 22.8 Å². The van der Waals surface area contributed by atoms with Crippen LogP contribution >= 0.6 is 24.0 Å². The zero-order chi connectivity index (χ0) is 22.0. The van der Waals surface area contributed by atoms with Crippen LogP contribution in [0.4, 0.5) is 23.7 Å². The minimum atomic E-state index is -1.66. The van der Waals surface area contributed by atoms with E-state index in [0.29, 0.717) is 31.5 Å². The minimum Gasteiger partial charge on any atom is -0.444 e. The largest absolute Gasteiger partial charge is 0.444 e. The number of rotatable bonds is 7. The van der Waals surface area contributed by atoms with Crippen molar-refractivity contribution in [3.8, 4) is 0 Å². The van der Waals surface area contributed by atoms with Gasteiger partial charge in [0.05, 0.1) is 12.2 Å². The van der Waals surface area contributed by atoms with Crippen molar-refractivity contribution in [2.75, 3.05) is 32.0 Å². The van der Waals surface area contributed by atoms with Gasteiger partial charge in [-0.05, 0) is 39.3 Å². The fourth-order valence-corrected chi connectivity index (χ4v) is 2.00. The van der Waals surface area contributed by atoms with Gasteiger partial charge in [0.25, 0.3) is 0 Å². The molecule has 0 unspecified atom stereocenters. The van der Waals surface area contributed by atoms with Gasteiger partial charge >= 0.3 is 6.09 Å². The summed E-state index contributed by atoms with van der Waals surface area (Å²) in [6.45, 7) is 5.82. The average molecular weight is 545 g/mol. The van der Waals surface area contributed by atoms with Crippen LogP contribution in [0.3, 0.4) is 0 Å². The van der Waals surface area contributed by atoms with Crippen LogP contribution in [0.2, 0.25) is 0 Å². The summed E-state index contributed by atoms with van der Waals surface area (Å²) < 4.78 is 44.7. The van der Waals surface area contributed by atoms with E-state index in [1.807, 2.05) is 0 Å². The topological polar surface area (TPSA) is 104 Å². The summed E-state index contributed by atoms with van der Waals surface area (Å²) >= 11 is 0. The van der Waals surface area contributed by atoms with Gasteiger partial charge in [-0.1, -0.05) is 0 Å². The predicted octanol–water partition coefficient (Wildman–Crippen LogP) is 2.74. The Kier molecular flexibility index (Phi) is 12.1. The Bertz CT molecular complexity index is 757. The molecular formula is C18H27F3IN5O3. The van der Waals surface area contributed by atoms with Crippen molar-refractivity contribution in [1.82, 2.24) is 16.0 Å². The monoisotopic (exact) mass is 545 g/mol. The van der Waals surface area contributed by atoms with Crippen molar-refractivity contribution in [1.29, 1.82) is 0 Å². The van der Waals surface area contributed by atoms with Crippen molar-refractivity contribution >= 4 is 47.6 Å². The van der Waals surface area contributed by atoms with E-state index in [1.54, 1.807) is 20.8 Å². The molecule has 8 nitrogen and oxygen atoms in total. The van der Waals surface area contributed by atoms with E-state index in [4.69, 9.17) is 4.74 Å². The maximum atomic E-state index is 13.5. The lowest BCUT2D eigenvalue weighted by Crippen LogP contribution is -2.42. The molecule has 0 saturated heterocycles. The first-order chi connectivity index (χ1) is 13.5. The summed E-state index contributed by atoms with van der Waals surface area (Å²) in [5.41, 5.74) is -1.04. The number of carbonyl (C=O) groups is 2. The number of amides is 2. The smallest absolute Gasteiger partial charge is 0.407 e. The van der Waals surface area contributed by atoms with E-state index in [2.05, 4.69) is 26.3 Å². The van der Waals surface area contributed by atoms with Crippen LogP contribution in [-0.2, 0) is 9.53 Å². The first-order valence-corrected chi connectivity index (χ1v) is 8.88. The molecule has 0 aliphatic heterocycles. The van der Waals surface area contributed by atoms with Crippen molar-refractivity contribution < 1.29 is 27.5 Å². The van der Waals surface area contributed by atoms with E-state index < -0.39 is 40.7 Å². The third-order valence-corrected chi connectivity index (χ3v) is 3.26. The highest BCUT2D eigenvalue weighted by atomic mass is 127. The number of carbonyl (C=O) groups excluding carboxylic acids is 2. The summed E-state index contributed by atoms with van der Waals surface area (Å²) in [6.07, 6.45) is 0.0489. The molecule has 1 aromatic rings. The second kappa shape index (κ2) is 13.1. The highest BCUT2D eigenvalue weighted by Gasteiger charge is 2.16. The Morgan fingerprint density at radius 3 is 2.27 bits per heavy atom. The molecule has 0 atom stereocenters. The van der Waals surface area contributed by atoms with E-state index in [-0.39, 0.29) is 30.5 Å². The van der Waals surface area contributed by atoms with Crippen molar-refractivity contribution in [3.63, 3.8) is 0 Å². The Morgan fingerprint density at radius 1 is 1.03 bits per heavy atom. The molecule has 0 saturated carbocycles. The SMILES string of the molecule is CN=C(NCCCNC(=O)OC(C)(C)C)NCC(=O)Nc1ccc(F)c(F)c1F.I. The molecular weight excluding hydrogens is 518 g/mol. The highest BCUT2D eigenvalue weighted by molar-refractivity contribution is 14.0. The molecule has 0 fully saturated rings. The number of nitrogens with one attached hydrogen (secondary N) is 4. The number of hydrogen-bond acceptors (Lipinski definition) is 4. The molecule has 0 aromatic heterocycles. The number of nitrogens with zero attached hydrogens (tertiary/aromatic N) is 1. The average Bonchev–Trinajstić information content (AvgIpc) is 2.63. The number of aliphatic imine (C=N–C) groups is 1. The lowest BCUT2D eigenvalue weighted by atomic mass is 10.2. The Hall–Kier alpha value is -2.25. The molecule has 30 heavy (non-hydrogen) atoms. The van der Waals surface area contributed by atoms with Crippen LogP contribution in [-0.4, -0.2) is 50.2 Å². The van der Waals surface area contributed by atoms with Crippen LogP contribution < -0.4 is 21.3 Å². The Morgan fingerprint density at radius 2 is 1.67 bits per heavy atom. The number of guanidine groups is 1. The van der Waals surface area contributed by atoms with Gasteiger partial charge in [0, 0.05) is 20.1 Å². The van der Waals surface area contributed by atoms with Crippen LogP contribution in [0.1, 0.15) is 27.2 Å². The lowest BCUT2D eigenvalue weighted by molar-refractivity contribution is -0.115. The zero-order valence-corrected chi connectivity index (χ0v) is 19.5. The molecule has 0 aliphatic rings. The molecule has 1 aromatic carbocycles. The number of anilines is 1. The number of halogens is 4. The first-order valence-electron chi connectivity index (χ1n) is 8.88. The lowest BCUT2D eigenvalue weighted by Gasteiger charge is -2.19. The Balaban J connectivity index is 0.00000841. The Labute approximate surface area is 190 Å². The standard InChI is InChI=1S/C18H26F3N5O3.HI/c1-18(2,3)29-17(28)24-9-5-8-23-16(22-4)25-10-13(27)26-12-7-6-11(19)14(20)15(12)21;/h6-7H,5,8-10H2,1-4H3,(H,24,28)(H,26,27)(H2,22,23,25);1H. The fourth-order valence-electron chi connectivity index (χ4n) is 2.00. The summed E-state index contributed by atoms with van der Waals surface area (Å²) in [5, 5.41) is 10.4. The quantitative estimate of drug-likeness (QED) is 0.139. The molecule has 1 rings (SSSR count). The van der Waals surface area contributed by atoms with Gasteiger partial charge in [0.2, 0.25) is 5.91 Å². The van der Waals surface area contributed by atoms with E-state index in [0.717, 1.165) is 6.07 Å². The number of benzene rings is 1. The molecule has 4 N–H and O–H groups in total. The normalized spacial score (nSPS) is 11.2. The van der Waals surface area contributed by atoms with Gasteiger partial charge in [-0.3, -0.25) is 9.79 Å². The summed E-state index contributed by atoms with van der Waals surface area (Å²) in [7, 11) is 1.49. The highest BCUT2D eigenvalue weighted by Crippen LogP contribution is 2.19. The predicted molar refractivity (Wildman–Crippen MR) is 119 cm³/mol. The molecule has 0 heterocycles. The second-order valence-electron chi connectivity index (χ2n) is 6.91. The van der Waals surface area contributed by atoms with Crippen LogP contribution in [0.5, 0.6) is 0 Å². The fraction of sp³-hybridized carbons (Fsp3) is 0.500. The molecule has 170 valence electrons. The summed E-state index contributed by atoms with van der Waals surface area (Å²) in [5.74, 6) is -4.86. The third kappa shape index (κ3) is 10.5. The molecule has 2 amide bonds. The van der Waals surface area contributed by atoms with Crippen LogP contribution in [0, 0.1) is 17.5 Å². The minimum absolute atomic E-state index is 0. The summed E-state index contributed by atoms with van der Waals surface area (Å²) in [4.78, 5) is 27.3. The molecule has 0 bridgehead atoms. The van der Waals surface area contributed by atoms with Gasteiger partial charge in [0.15, 0.2) is 23.4 Å². The first kappa shape index (κ1) is 27.8. The molecule has 0 radical (unpaired) electrons. The zero-order valence-electron chi connectivity index (χ0n) is 17.2. The third-order valence-electron chi connectivity index (χ3n) is 3.26. The molecule has 0 aliphatic carbocycles. The van der Waals surface area contributed by atoms with Gasteiger partial charge < -0.3 is 26.0 Å². The van der Waals surface area contributed by atoms with Gasteiger partial charge in [-0.2, -0.15) is 0 Å². The van der Waals surface area contributed by atoms with Gasteiger partial charge in [-0.25, -0.2) is 18.0 Å². The number of hydrogen-bond donors (Lipinski definition) is 4. The number of alkyl carbamates (subject to hydrolysis) is 1. The van der Waals surface area contributed by atoms with Crippen molar-refractivity contribution in [2.24, 2.45) is 4.99 Å². The van der Waals surface area contributed by atoms with Crippen LogP contribution in [0.25, 0.3) is 0 Å². The molecule has 0 spiro atoms. The van der Waals surface area contributed by atoms with Crippen LogP contribution in [0.15, 0.2) is 17.1 Å². The van der Waals surface area contributed by atoms with Gasteiger partial charge in [-0.15, -0.1) is 24.0 Å². The van der Waals surface area contributed by atoms with Crippen molar-refractivity contribution in [3.05, 3.63) is 29.6 Å².